The fourth-order valence-corrected chi connectivity index (χ4v) is 3.15. The molecule has 0 bridgehead atoms. The van der Waals surface area contributed by atoms with E-state index in [-0.39, 0.29) is 12.5 Å². The Labute approximate surface area is 172 Å². The third-order valence-electron chi connectivity index (χ3n) is 4.23. The Bertz CT molecular complexity index is 971. The first-order valence-corrected chi connectivity index (χ1v) is 9.85. The number of nitrogens with zero attached hydrogens (tertiary/aromatic N) is 2. The molecule has 1 atom stereocenters. The van der Waals surface area contributed by atoms with E-state index in [2.05, 4.69) is 31.4 Å². The molecule has 0 aliphatic heterocycles. The molecule has 28 heavy (non-hydrogen) atoms. The summed E-state index contributed by atoms with van der Waals surface area (Å²) < 4.78 is 12.1. The SMILES string of the molecule is CCC(Oc1ccc(C)cc1C)C(=O)NCc1nc(-c2cccc(Br)c2)no1. The zero-order chi connectivity index (χ0) is 20.1. The molecule has 1 amide bonds. The largest absolute Gasteiger partial charge is 0.480 e. The molecule has 1 unspecified atom stereocenters. The van der Waals surface area contributed by atoms with Crippen molar-refractivity contribution in [2.45, 2.75) is 39.8 Å². The van der Waals surface area contributed by atoms with Gasteiger partial charge in [0.2, 0.25) is 11.7 Å². The number of nitrogens with one attached hydrogen (secondary N) is 1. The van der Waals surface area contributed by atoms with Gasteiger partial charge in [-0.05, 0) is 44.0 Å². The number of amides is 1. The summed E-state index contributed by atoms with van der Waals surface area (Å²) >= 11 is 3.42. The second-order valence-electron chi connectivity index (χ2n) is 6.52. The zero-order valence-electron chi connectivity index (χ0n) is 16.0. The lowest BCUT2D eigenvalue weighted by Gasteiger charge is -2.18. The van der Waals surface area contributed by atoms with Gasteiger partial charge in [-0.25, -0.2) is 0 Å². The molecule has 146 valence electrons. The molecule has 2 aromatic carbocycles. The molecule has 1 heterocycles. The Morgan fingerprint density at radius 3 is 2.79 bits per heavy atom. The standard InChI is InChI=1S/C21H22BrN3O3/c1-4-17(27-18-9-8-13(2)10-14(18)3)21(26)23-12-19-24-20(25-28-19)15-6-5-7-16(22)11-15/h5-11,17H,4,12H2,1-3H3,(H,23,26). The van der Waals surface area contributed by atoms with Gasteiger partial charge in [0.15, 0.2) is 6.10 Å². The van der Waals surface area contributed by atoms with Crippen molar-refractivity contribution in [2.24, 2.45) is 0 Å². The molecule has 1 N–H and O–H groups in total. The van der Waals surface area contributed by atoms with E-state index in [0.717, 1.165) is 21.2 Å². The van der Waals surface area contributed by atoms with Crippen LogP contribution >= 0.6 is 15.9 Å². The van der Waals surface area contributed by atoms with E-state index >= 15 is 0 Å². The van der Waals surface area contributed by atoms with Crippen molar-refractivity contribution < 1.29 is 14.1 Å². The maximum atomic E-state index is 12.5. The lowest BCUT2D eigenvalue weighted by atomic mass is 10.1. The van der Waals surface area contributed by atoms with E-state index in [0.29, 0.717) is 23.9 Å². The highest BCUT2D eigenvalue weighted by Gasteiger charge is 2.20. The first-order valence-electron chi connectivity index (χ1n) is 9.06. The molecule has 0 aliphatic carbocycles. The van der Waals surface area contributed by atoms with Gasteiger partial charge in [-0.2, -0.15) is 4.98 Å². The highest BCUT2D eigenvalue weighted by Crippen LogP contribution is 2.22. The molecule has 1 aromatic heterocycles. The predicted molar refractivity (Wildman–Crippen MR) is 110 cm³/mol. The Balaban J connectivity index is 1.61. The van der Waals surface area contributed by atoms with Crippen LogP contribution in [0.15, 0.2) is 51.5 Å². The lowest BCUT2D eigenvalue weighted by Crippen LogP contribution is -2.37. The molecule has 3 rings (SSSR count). The number of benzene rings is 2. The number of aryl methyl sites for hydroxylation is 2. The van der Waals surface area contributed by atoms with E-state index < -0.39 is 6.10 Å². The van der Waals surface area contributed by atoms with Crippen molar-refractivity contribution in [3.05, 3.63) is 64.0 Å². The first kappa shape index (κ1) is 20.1. The van der Waals surface area contributed by atoms with Crippen LogP contribution in [0, 0.1) is 13.8 Å². The second-order valence-corrected chi connectivity index (χ2v) is 7.44. The Morgan fingerprint density at radius 1 is 1.25 bits per heavy atom. The summed E-state index contributed by atoms with van der Waals surface area (Å²) in [5, 5.41) is 6.78. The van der Waals surface area contributed by atoms with E-state index in [1.807, 2.05) is 63.2 Å². The quantitative estimate of drug-likeness (QED) is 0.577. The number of carbonyl (C=O) groups excluding carboxylic acids is 1. The van der Waals surface area contributed by atoms with Crippen molar-refractivity contribution in [2.75, 3.05) is 0 Å². The van der Waals surface area contributed by atoms with Crippen LogP contribution in [0.2, 0.25) is 0 Å². The van der Waals surface area contributed by atoms with Crippen LogP contribution in [-0.4, -0.2) is 22.2 Å². The summed E-state index contributed by atoms with van der Waals surface area (Å²) in [5.41, 5.74) is 2.99. The fourth-order valence-electron chi connectivity index (χ4n) is 2.76. The van der Waals surface area contributed by atoms with E-state index in [1.165, 1.54) is 0 Å². The number of hydrogen-bond donors (Lipinski definition) is 1. The molecule has 7 heteroatoms. The monoisotopic (exact) mass is 443 g/mol. The third-order valence-corrected chi connectivity index (χ3v) is 4.72. The van der Waals surface area contributed by atoms with Gasteiger partial charge in [0.25, 0.3) is 5.91 Å². The van der Waals surface area contributed by atoms with Crippen molar-refractivity contribution >= 4 is 21.8 Å². The van der Waals surface area contributed by atoms with Crippen molar-refractivity contribution in [3.63, 3.8) is 0 Å². The molecule has 0 saturated heterocycles. The van der Waals surface area contributed by atoms with Crippen LogP contribution in [0.1, 0.15) is 30.4 Å². The minimum absolute atomic E-state index is 0.145. The molecule has 0 spiro atoms. The van der Waals surface area contributed by atoms with Crippen LogP contribution in [0.4, 0.5) is 0 Å². The van der Waals surface area contributed by atoms with Gasteiger partial charge in [-0.3, -0.25) is 4.79 Å². The van der Waals surface area contributed by atoms with Crippen LogP contribution in [0.3, 0.4) is 0 Å². The Kier molecular flexibility index (Phi) is 6.46. The van der Waals surface area contributed by atoms with Gasteiger partial charge >= 0.3 is 0 Å². The van der Waals surface area contributed by atoms with Crippen LogP contribution in [0.25, 0.3) is 11.4 Å². The smallest absolute Gasteiger partial charge is 0.261 e. The molecule has 0 fully saturated rings. The van der Waals surface area contributed by atoms with E-state index in [9.17, 15) is 4.79 Å². The molecular weight excluding hydrogens is 422 g/mol. The summed E-state index contributed by atoms with van der Waals surface area (Å²) in [6.45, 7) is 6.04. The predicted octanol–water partition coefficient (Wildman–Crippen LogP) is 4.59. The van der Waals surface area contributed by atoms with Crippen molar-refractivity contribution in [3.8, 4) is 17.1 Å². The third kappa shape index (κ3) is 4.98. The van der Waals surface area contributed by atoms with Gasteiger partial charge in [-0.1, -0.05) is 57.8 Å². The number of aromatic nitrogens is 2. The van der Waals surface area contributed by atoms with Gasteiger partial charge < -0.3 is 14.6 Å². The van der Waals surface area contributed by atoms with Gasteiger partial charge in [0, 0.05) is 10.0 Å². The summed E-state index contributed by atoms with van der Waals surface area (Å²) in [5.74, 6) is 1.31. The fraction of sp³-hybridized carbons (Fsp3) is 0.286. The average Bonchev–Trinajstić information content (AvgIpc) is 3.15. The van der Waals surface area contributed by atoms with Gasteiger partial charge in [-0.15, -0.1) is 0 Å². The van der Waals surface area contributed by atoms with Crippen molar-refractivity contribution in [1.82, 2.24) is 15.5 Å². The van der Waals surface area contributed by atoms with Gasteiger partial charge in [0.1, 0.15) is 5.75 Å². The average molecular weight is 444 g/mol. The normalized spacial score (nSPS) is 11.9. The molecular formula is C21H22BrN3O3. The van der Waals surface area contributed by atoms with Crippen molar-refractivity contribution in [1.29, 1.82) is 0 Å². The van der Waals surface area contributed by atoms with Crippen LogP contribution in [-0.2, 0) is 11.3 Å². The second kappa shape index (κ2) is 9.01. The van der Waals surface area contributed by atoms with Crippen LogP contribution in [0.5, 0.6) is 5.75 Å². The van der Waals surface area contributed by atoms with E-state index in [1.54, 1.807) is 0 Å². The maximum absolute atomic E-state index is 12.5. The first-order chi connectivity index (χ1) is 13.5. The minimum Gasteiger partial charge on any atom is -0.480 e. The summed E-state index contributed by atoms with van der Waals surface area (Å²) in [6.07, 6.45) is -0.0411. The topological polar surface area (TPSA) is 77.2 Å². The summed E-state index contributed by atoms with van der Waals surface area (Å²) in [6, 6.07) is 13.5. The highest BCUT2D eigenvalue weighted by molar-refractivity contribution is 9.10. The molecule has 0 radical (unpaired) electrons. The minimum atomic E-state index is -0.589. The number of carbonyl (C=O) groups is 1. The highest BCUT2D eigenvalue weighted by atomic mass is 79.9. The van der Waals surface area contributed by atoms with Gasteiger partial charge in [0.05, 0.1) is 6.54 Å². The lowest BCUT2D eigenvalue weighted by molar-refractivity contribution is -0.128. The summed E-state index contributed by atoms with van der Waals surface area (Å²) in [4.78, 5) is 16.9. The Morgan fingerprint density at radius 2 is 2.07 bits per heavy atom. The Hall–Kier alpha value is -2.67. The van der Waals surface area contributed by atoms with E-state index in [4.69, 9.17) is 9.26 Å². The number of halogens is 1. The zero-order valence-corrected chi connectivity index (χ0v) is 17.6. The number of hydrogen-bond acceptors (Lipinski definition) is 5. The maximum Gasteiger partial charge on any atom is 0.261 e. The molecule has 3 aromatic rings. The summed E-state index contributed by atoms with van der Waals surface area (Å²) in [7, 11) is 0. The number of rotatable bonds is 7. The van der Waals surface area contributed by atoms with Crippen LogP contribution < -0.4 is 10.1 Å². The molecule has 0 saturated carbocycles. The number of ether oxygens (including phenoxy) is 1. The molecule has 6 nitrogen and oxygen atoms in total. The molecule has 0 aliphatic rings.